The highest BCUT2D eigenvalue weighted by Crippen LogP contribution is 2.23. The number of hydrogen-bond donors (Lipinski definition) is 0. The quantitative estimate of drug-likeness (QED) is 0.721. The van der Waals surface area contributed by atoms with E-state index in [1.54, 1.807) is 0 Å². The van der Waals surface area contributed by atoms with Crippen LogP contribution in [-0.4, -0.2) is 10.2 Å². The van der Waals surface area contributed by atoms with E-state index in [9.17, 15) is 0 Å². The normalized spacial score (nSPS) is 14.1. The minimum atomic E-state index is 0.320. The molecule has 0 aromatic carbocycles. The van der Waals surface area contributed by atoms with Crippen LogP contribution in [0.1, 0.15) is 58.2 Å². The molecule has 74 valence electrons. The Bertz CT molecular complexity index is 266. The van der Waals surface area contributed by atoms with E-state index in [0.29, 0.717) is 17.8 Å². The summed E-state index contributed by atoms with van der Waals surface area (Å²) in [5.74, 6) is 2.71. The molecule has 0 N–H and O–H groups in total. The lowest BCUT2D eigenvalue weighted by atomic mass is 9.98. The van der Waals surface area contributed by atoms with Gasteiger partial charge in [-0.15, -0.1) is 10.2 Å². The third-order valence-electron chi connectivity index (χ3n) is 2.34. The molecule has 0 spiro atoms. The van der Waals surface area contributed by atoms with Gasteiger partial charge in [0.1, 0.15) is 0 Å². The molecule has 0 aliphatic rings. The van der Waals surface area contributed by atoms with Crippen LogP contribution in [0.4, 0.5) is 0 Å². The van der Waals surface area contributed by atoms with Gasteiger partial charge in [0, 0.05) is 11.8 Å². The van der Waals surface area contributed by atoms with Gasteiger partial charge in [-0.1, -0.05) is 34.6 Å². The molecule has 1 atom stereocenters. The molecule has 1 aromatic rings. The van der Waals surface area contributed by atoms with E-state index in [4.69, 9.17) is 4.42 Å². The molecule has 1 heterocycles. The van der Waals surface area contributed by atoms with Gasteiger partial charge in [0.25, 0.3) is 0 Å². The van der Waals surface area contributed by atoms with Crippen molar-refractivity contribution < 1.29 is 4.42 Å². The Morgan fingerprint density at radius 3 is 1.85 bits per heavy atom. The number of hydrogen-bond acceptors (Lipinski definition) is 3. The Balaban J connectivity index is 2.79. The molecule has 0 aliphatic carbocycles. The first kappa shape index (κ1) is 10.2. The zero-order valence-electron chi connectivity index (χ0n) is 9.03. The molecular formula is C10H18N2O. The Labute approximate surface area is 79.6 Å². The lowest BCUT2D eigenvalue weighted by Crippen LogP contribution is -2.01. The van der Waals surface area contributed by atoms with Crippen LogP contribution in [0.3, 0.4) is 0 Å². The molecule has 0 aliphatic heterocycles. The van der Waals surface area contributed by atoms with Crippen LogP contribution >= 0.6 is 0 Å². The summed E-state index contributed by atoms with van der Waals surface area (Å²) in [6.07, 6.45) is 0. The Kier molecular flexibility index (Phi) is 3.07. The molecule has 0 radical (unpaired) electrons. The minimum Gasteiger partial charge on any atom is -0.425 e. The van der Waals surface area contributed by atoms with Crippen molar-refractivity contribution in [3.05, 3.63) is 11.8 Å². The van der Waals surface area contributed by atoms with Gasteiger partial charge in [-0.2, -0.15) is 0 Å². The summed E-state index contributed by atoms with van der Waals surface area (Å²) in [5.41, 5.74) is 0. The molecule has 0 saturated carbocycles. The monoisotopic (exact) mass is 182 g/mol. The van der Waals surface area contributed by atoms with Crippen molar-refractivity contribution in [1.29, 1.82) is 0 Å². The van der Waals surface area contributed by atoms with Crippen LogP contribution in [-0.2, 0) is 0 Å². The van der Waals surface area contributed by atoms with Crippen LogP contribution in [0.25, 0.3) is 0 Å². The topological polar surface area (TPSA) is 38.9 Å². The van der Waals surface area contributed by atoms with E-state index in [0.717, 1.165) is 11.8 Å². The summed E-state index contributed by atoms with van der Waals surface area (Å²) < 4.78 is 5.55. The van der Waals surface area contributed by atoms with Crippen LogP contribution in [0.2, 0.25) is 0 Å². The Morgan fingerprint density at radius 1 is 0.923 bits per heavy atom. The molecular weight excluding hydrogens is 164 g/mol. The molecule has 1 rings (SSSR count). The second kappa shape index (κ2) is 3.90. The SMILES string of the molecule is CC(C)c1nnc(C(C)C(C)C)o1. The minimum absolute atomic E-state index is 0.320. The summed E-state index contributed by atoms with van der Waals surface area (Å²) in [5, 5.41) is 8.04. The predicted octanol–water partition coefficient (Wildman–Crippen LogP) is 2.95. The molecule has 1 aromatic heterocycles. The third-order valence-corrected chi connectivity index (χ3v) is 2.34. The standard InChI is InChI=1S/C10H18N2O/c1-6(2)8(5)10-12-11-9(13-10)7(3)4/h6-8H,1-5H3. The van der Waals surface area contributed by atoms with Crippen molar-refractivity contribution in [1.82, 2.24) is 10.2 Å². The van der Waals surface area contributed by atoms with Crippen molar-refractivity contribution >= 4 is 0 Å². The van der Waals surface area contributed by atoms with Gasteiger partial charge >= 0.3 is 0 Å². The summed E-state index contributed by atoms with van der Waals surface area (Å²) >= 11 is 0. The van der Waals surface area contributed by atoms with Gasteiger partial charge in [-0.25, -0.2) is 0 Å². The molecule has 0 amide bonds. The smallest absolute Gasteiger partial charge is 0.219 e. The maximum atomic E-state index is 5.55. The van der Waals surface area contributed by atoms with E-state index >= 15 is 0 Å². The highest BCUT2D eigenvalue weighted by molar-refractivity contribution is 4.93. The summed E-state index contributed by atoms with van der Waals surface area (Å²) in [7, 11) is 0. The van der Waals surface area contributed by atoms with Gasteiger partial charge in [0.2, 0.25) is 11.8 Å². The van der Waals surface area contributed by atoms with E-state index in [1.807, 2.05) is 0 Å². The second-order valence-corrected chi connectivity index (χ2v) is 4.17. The fourth-order valence-electron chi connectivity index (χ4n) is 0.949. The predicted molar refractivity (Wildman–Crippen MR) is 51.6 cm³/mol. The average Bonchev–Trinajstić information content (AvgIpc) is 2.50. The molecule has 3 heteroatoms. The van der Waals surface area contributed by atoms with Crippen LogP contribution in [0.5, 0.6) is 0 Å². The zero-order valence-corrected chi connectivity index (χ0v) is 9.03. The van der Waals surface area contributed by atoms with Crippen molar-refractivity contribution in [3.8, 4) is 0 Å². The van der Waals surface area contributed by atoms with E-state index < -0.39 is 0 Å². The second-order valence-electron chi connectivity index (χ2n) is 4.17. The first-order valence-corrected chi connectivity index (χ1v) is 4.85. The molecule has 0 fully saturated rings. The van der Waals surface area contributed by atoms with Crippen molar-refractivity contribution in [3.63, 3.8) is 0 Å². The largest absolute Gasteiger partial charge is 0.425 e. The molecule has 0 saturated heterocycles. The fourth-order valence-corrected chi connectivity index (χ4v) is 0.949. The number of aromatic nitrogens is 2. The van der Waals surface area contributed by atoms with E-state index in [-0.39, 0.29) is 0 Å². The maximum Gasteiger partial charge on any atom is 0.219 e. The molecule has 13 heavy (non-hydrogen) atoms. The first-order valence-electron chi connectivity index (χ1n) is 4.85. The van der Waals surface area contributed by atoms with Gasteiger partial charge in [0.15, 0.2) is 0 Å². The van der Waals surface area contributed by atoms with Crippen molar-refractivity contribution in [2.75, 3.05) is 0 Å². The van der Waals surface area contributed by atoms with E-state index in [1.165, 1.54) is 0 Å². The Hall–Kier alpha value is -0.860. The van der Waals surface area contributed by atoms with Crippen LogP contribution in [0.15, 0.2) is 4.42 Å². The molecule has 1 unspecified atom stereocenters. The molecule has 0 bridgehead atoms. The Morgan fingerprint density at radius 2 is 1.46 bits per heavy atom. The summed E-state index contributed by atoms with van der Waals surface area (Å²) in [6.45, 7) is 10.5. The average molecular weight is 182 g/mol. The maximum absolute atomic E-state index is 5.55. The highest BCUT2D eigenvalue weighted by atomic mass is 16.4. The van der Waals surface area contributed by atoms with Crippen molar-refractivity contribution in [2.45, 2.75) is 46.5 Å². The number of rotatable bonds is 3. The van der Waals surface area contributed by atoms with Gasteiger partial charge in [0.05, 0.1) is 0 Å². The number of nitrogens with zero attached hydrogens (tertiary/aromatic N) is 2. The highest BCUT2D eigenvalue weighted by Gasteiger charge is 2.17. The lowest BCUT2D eigenvalue weighted by Gasteiger charge is -2.09. The van der Waals surface area contributed by atoms with Crippen LogP contribution < -0.4 is 0 Å². The van der Waals surface area contributed by atoms with Gasteiger partial charge in [-0.05, 0) is 5.92 Å². The molecule has 3 nitrogen and oxygen atoms in total. The third kappa shape index (κ3) is 2.29. The van der Waals surface area contributed by atoms with E-state index in [2.05, 4.69) is 44.8 Å². The zero-order chi connectivity index (χ0) is 10.0. The van der Waals surface area contributed by atoms with Crippen LogP contribution in [0, 0.1) is 5.92 Å². The summed E-state index contributed by atoms with van der Waals surface area (Å²) in [4.78, 5) is 0. The van der Waals surface area contributed by atoms with Gasteiger partial charge in [-0.3, -0.25) is 0 Å². The lowest BCUT2D eigenvalue weighted by molar-refractivity contribution is 0.372. The van der Waals surface area contributed by atoms with Gasteiger partial charge < -0.3 is 4.42 Å². The first-order chi connectivity index (χ1) is 6.02. The summed E-state index contributed by atoms with van der Waals surface area (Å²) in [6, 6.07) is 0. The fraction of sp³-hybridized carbons (Fsp3) is 0.800. The van der Waals surface area contributed by atoms with Crippen molar-refractivity contribution in [2.24, 2.45) is 5.92 Å².